The highest BCUT2D eigenvalue weighted by atomic mass is 35.5. The first-order valence-corrected chi connectivity index (χ1v) is 9.24. The summed E-state index contributed by atoms with van der Waals surface area (Å²) in [6.07, 6.45) is 0.759. The number of hydrogen-bond donors (Lipinski definition) is 0. The van der Waals surface area contributed by atoms with Crippen LogP contribution in [0.1, 0.15) is 16.7 Å². The Morgan fingerprint density at radius 1 is 0.846 bits per heavy atom. The fraction of sp³-hybridized carbons (Fsp3) is 0.333. The highest BCUT2D eigenvalue weighted by Gasteiger charge is 2.24. The Balaban J connectivity index is 1.49. The van der Waals surface area contributed by atoms with Gasteiger partial charge in [0.15, 0.2) is 0 Å². The lowest BCUT2D eigenvalue weighted by atomic mass is 10.1. The molecule has 0 radical (unpaired) electrons. The molecule has 1 saturated heterocycles. The minimum absolute atomic E-state index is 0.0814. The molecule has 0 atom stereocenters. The molecule has 136 valence electrons. The SMILES string of the molecule is Cc1ccc(CC(=O)N2CCN(C(=O)Cc3cccc(Cl)c3)CC2)cc1. The van der Waals surface area contributed by atoms with Crippen molar-refractivity contribution in [1.29, 1.82) is 0 Å². The third kappa shape index (κ3) is 4.85. The second-order valence-electron chi connectivity index (χ2n) is 6.73. The number of carbonyl (C=O) groups is 2. The standard InChI is InChI=1S/C21H23ClN2O2/c1-16-5-7-17(8-6-16)14-20(25)23-9-11-24(12-10-23)21(26)15-18-3-2-4-19(22)13-18/h2-8,13H,9-12,14-15H2,1H3. The predicted octanol–water partition coefficient (Wildman–Crippen LogP) is 3.10. The zero-order valence-corrected chi connectivity index (χ0v) is 15.7. The Bertz CT molecular complexity index is 781. The lowest BCUT2D eigenvalue weighted by Crippen LogP contribution is -2.51. The van der Waals surface area contributed by atoms with E-state index >= 15 is 0 Å². The van der Waals surface area contributed by atoms with E-state index in [4.69, 9.17) is 11.6 Å². The van der Waals surface area contributed by atoms with Crippen LogP contribution in [0, 0.1) is 6.92 Å². The van der Waals surface area contributed by atoms with Crippen LogP contribution >= 0.6 is 11.6 Å². The molecular weight excluding hydrogens is 348 g/mol. The van der Waals surface area contributed by atoms with Crippen LogP contribution in [0.3, 0.4) is 0 Å². The van der Waals surface area contributed by atoms with Crippen LogP contribution < -0.4 is 0 Å². The van der Waals surface area contributed by atoms with Crippen molar-refractivity contribution in [2.45, 2.75) is 19.8 Å². The van der Waals surface area contributed by atoms with Gasteiger partial charge in [-0.1, -0.05) is 53.6 Å². The van der Waals surface area contributed by atoms with Crippen LogP contribution in [0.5, 0.6) is 0 Å². The number of amides is 2. The van der Waals surface area contributed by atoms with E-state index in [1.165, 1.54) is 5.56 Å². The average molecular weight is 371 g/mol. The van der Waals surface area contributed by atoms with Gasteiger partial charge in [-0.25, -0.2) is 0 Å². The number of benzene rings is 2. The second kappa shape index (κ2) is 8.37. The number of hydrogen-bond acceptors (Lipinski definition) is 2. The highest BCUT2D eigenvalue weighted by molar-refractivity contribution is 6.30. The van der Waals surface area contributed by atoms with Crippen LogP contribution in [0.2, 0.25) is 5.02 Å². The molecule has 2 amide bonds. The van der Waals surface area contributed by atoms with Gasteiger partial charge in [0, 0.05) is 31.2 Å². The third-order valence-electron chi connectivity index (χ3n) is 4.71. The molecule has 4 nitrogen and oxygen atoms in total. The maximum Gasteiger partial charge on any atom is 0.227 e. The van der Waals surface area contributed by atoms with Crippen molar-refractivity contribution in [2.75, 3.05) is 26.2 Å². The van der Waals surface area contributed by atoms with Crippen LogP contribution in [0.25, 0.3) is 0 Å². The van der Waals surface area contributed by atoms with Gasteiger partial charge in [0.2, 0.25) is 11.8 Å². The van der Waals surface area contributed by atoms with E-state index in [9.17, 15) is 9.59 Å². The molecule has 0 aliphatic carbocycles. The molecule has 0 saturated carbocycles. The van der Waals surface area contributed by atoms with Crippen molar-refractivity contribution in [3.05, 3.63) is 70.2 Å². The monoisotopic (exact) mass is 370 g/mol. The van der Waals surface area contributed by atoms with E-state index in [1.807, 2.05) is 59.2 Å². The number of piperazine rings is 1. The van der Waals surface area contributed by atoms with Crippen LogP contribution in [0.4, 0.5) is 0 Å². The Morgan fingerprint density at radius 2 is 1.38 bits per heavy atom. The maximum absolute atomic E-state index is 12.5. The smallest absolute Gasteiger partial charge is 0.227 e. The number of carbonyl (C=O) groups excluding carboxylic acids is 2. The fourth-order valence-corrected chi connectivity index (χ4v) is 3.34. The van der Waals surface area contributed by atoms with Crippen molar-refractivity contribution in [2.24, 2.45) is 0 Å². The molecule has 26 heavy (non-hydrogen) atoms. The molecule has 0 spiro atoms. The Kier molecular flexibility index (Phi) is 5.94. The van der Waals surface area contributed by atoms with Crippen molar-refractivity contribution >= 4 is 23.4 Å². The maximum atomic E-state index is 12.5. The first-order valence-electron chi connectivity index (χ1n) is 8.87. The molecule has 0 bridgehead atoms. The number of rotatable bonds is 4. The molecular formula is C21H23ClN2O2. The molecule has 1 aliphatic rings. The lowest BCUT2D eigenvalue weighted by Gasteiger charge is -2.35. The first-order chi connectivity index (χ1) is 12.5. The lowest BCUT2D eigenvalue weighted by molar-refractivity contribution is -0.138. The van der Waals surface area contributed by atoms with Gasteiger partial charge in [-0.2, -0.15) is 0 Å². The summed E-state index contributed by atoms with van der Waals surface area (Å²) in [5, 5.41) is 0.641. The molecule has 5 heteroatoms. The number of aryl methyl sites for hydroxylation is 1. The molecule has 3 rings (SSSR count). The summed E-state index contributed by atoms with van der Waals surface area (Å²) in [7, 11) is 0. The van der Waals surface area contributed by atoms with Crippen LogP contribution in [-0.4, -0.2) is 47.8 Å². The normalized spacial score (nSPS) is 14.4. The van der Waals surface area contributed by atoms with Crippen molar-refractivity contribution in [1.82, 2.24) is 9.80 Å². The summed E-state index contributed by atoms with van der Waals surface area (Å²) in [5.41, 5.74) is 3.13. The average Bonchev–Trinajstić information content (AvgIpc) is 2.64. The highest BCUT2D eigenvalue weighted by Crippen LogP contribution is 2.13. The molecule has 1 fully saturated rings. The third-order valence-corrected chi connectivity index (χ3v) is 4.94. The summed E-state index contributed by atoms with van der Waals surface area (Å²) in [5.74, 6) is 0.202. The van der Waals surface area contributed by atoms with E-state index < -0.39 is 0 Å². The van der Waals surface area contributed by atoms with Crippen LogP contribution in [-0.2, 0) is 22.4 Å². The number of halogens is 1. The second-order valence-corrected chi connectivity index (χ2v) is 7.17. The quantitative estimate of drug-likeness (QED) is 0.829. The fourth-order valence-electron chi connectivity index (χ4n) is 3.13. The minimum atomic E-state index is 0.0814. The van der Waals surface area contributed by atoms with Gasteiger partial charge in [0.25, 0.3) is 0 Å². The Labute approximate surface area is 159 Å². The molecule has 0 unspecified atom stereocenters. The molecule has 0 aromatic heterocycles. The predicted molar refractivity (Wildman–Crippen MR) is 103 cm³/mol. The Morgan fingerprint density at radius 3 is 1.92 bits per heavy atom. The van der Waals surface area contributed by atoms with Gasteiger partial charge >= 0.3 is 0 Å². The summed E-state index contributed by atoms with van der Waals surface area (Å²) in [6.45, 7) is 4.38. The molecule has 2 aromatic carbocycles. The number of nitrogens with zero attached hydrogens (tertiary/aromatic N) is 2. The van der Waals surface area contributed by atoms with Crippen molar-refractivity contribution in [3.8, 4) is 0 Å². The molecule has 0 N–H and O–H groups in total. The Hall–Kier alpha value is -2.33. The molecule has 1 heterocycles. The van der Waals surface area contributed by atoms with E-state index in [0.29, 0.717) is 44.0 Å². The zero-order chi connectivity index (χ0) is 18.5. The summed E-state index contributed by atoms with van der Waals surface area (Å²) in [4.78, 5) is 28.6. The van der Waals surface area contributed by atoms with Gasteiger partial charge in [-0.15, -0.1) is 0 Å². The van der Waals surface area contributed by atoms with E-state index in [2.05, 4.69) is 0 Å². The minimum Gasteiger partial charge on any atom is -0.339 e. The van der Waals surface area contributed by atoms with Gasteiger partial charge in [0.05, 0.1) is 12.8 Å². The van der Waals surface area contributed by atoms with Gasteiger partial charge in [-0.05, 0) is 30.2 Å². The summed E-state index contributed by atoms with van der Waals surface area (Å²) >= 11 is 5.97. The topological polar surface area (TPSA) is 40.6 Å². The first kappa shape index (κ1) is 18.5. The molecule has 2 aromatic rings. The largest absolute Gasteiger partial charge is 0.339 e. The van der Waals surface area contributed by atoms with Crippen LogP contribution in [0.15, 0.2) is 48.5 Å². The summed E-state index contributed by atoms with van der Waals surface area (Å²) < 4.78 is 0. The summed E-state index contributed by atoms with van der Waals surface area (Å²) in [6, 6.07) is 15.4. The van der Waals surface area contributed by atoms with E-state index in [1.54, 1.807) is 6.07 Å². The molecule has 1 aliphatic heterocycles. The van der Waals surface area contributed by atoms with Gasteiger partial charge < -0.3 is 9.80 Å². The van der Waals surface area contributed by atoms with Crippen molar-refractivity contribution in [3.63, 3.8) is 0 Å². The van der Waals surface area contributed by atoms with E-state index in [0.717, 1.165) is 11.1 Å². The van der Waals surface area contributed by atoms with Crippen molar-refractivity contribution < 1.29 is 9.59 Å². The zero-order valence-electron chi connectivity index (χ0n) is 15.0. The van der Waals surface area contributed by atoms with Gasteiger partial charge in [0.1, 0.15) is 0 Å². The van der Waals surface area contributed by atoms with Gasteiger partial charge in [-0.3, -0.25) is 9.59 Å². The van der Waals surface area contributed by atoms with E-state index in [-0.39, 0.29) is 11.8 Å².